The van der Waals surface area contributed by atoms with Gasteiger partial charge in [-0.05, 0) is 43.2 Å². The lowest BCUT2D eigenvalue weighted by atomic mass is 10.1. The summed E-state index contributed by atoms with van der Waals surface area (Å²) in [5, 5.41) is 3.97. The quantitative estimate of drug-likeness (QED) is 0.497. The van der Waals surface area contributed by atoms with Gasteiger partial charge in [-0.3, -0.25) is 4.79 Å². The monoisotopic (exact) mass is 477 g/mol. The third kappa shape index (κ3) is 4.45. The molecule has 172 valence electrons. The molecule has 6 nitrogen and oxygen atoms in total. The van der Waals surface area contributed by atoms with E-state index >= 15 is 0 Å². The van der Waals surface area contributed by atoms with Crippen LogP contribution in [0.15, 0.2) is 54.6 Å². The summed E-state index contributed by atoms with van der Waals surface area (Å²) in [5.74, 6) is -0.814. The fourth-order valence-electron chi connectivity index (χ4n) is 3.87. The highest BCUT2D eigenvalue weighted by molar-refractivity contribution is 6.32. The van der Waals surface area contributed by atoms with Gasteiger partial charge in [-0.2, -0.15) is 18.3 Å². The minimum absolute atomic E-state index is 0.169. The number of nitrogens with zero attached hydrogens (tertiary/aromatic N) is 3. The topological polar surface area (TPSA) is 64.4 Å². The molecule has 1 atom stereocenters. The van der Waals surface area contributed by atoms with Gasteiger partial charge in [-0.25, -0.2) is 9.48 Å². The first kappa shape index (κ1) is 22.8. The summed E-state index contributed by atoms with van der Waals surface area (Å²) in [6, 6.07) is 12.9. The highest BCUT2D eigenvalue weighted by Gasteiger charge is 2.36. The number of esters is 1. The van der Waals surface area contributed by atoms with E-state index in [-0.39, 0.29) is 16.6 Å². The van der Waals surface area contributed by atoms with Crippen molar-refractivity contribution in [1.82, 2.24) is 14.7 Å². The maximum atomic E-state index is 13.4. The van der Waals surface area contributed by atoms with Crippen LogP contribution in [0.3, 0.4) is 0 Å². The molecule has 1 fully saturated rings. The largest absolute Gasteiger partial charge is 0.467 e. The van der Waals surface area contributed by atoms with E-state index in [9.17, 15) is 22.8 Å². The number of para-hydroxylation sites is 1. The van der Waals surface area contributed by atoms with Crippen LogP contribution in [0, 0.1) is 0 Å². The molecule has 4 rings (SSSR count). The molecule has 0 aliphatic carbocycles. The summed E-state index contributed by atoms with van der Waals surface area (Å²) in [4.78, 5) is 26.3. The molecule has 33 heavy (non-hydrogen) atoms. The van der Waals surface area contributed by atoms with E-state index in [1.165, 1.54) is 24.1 Å². The van der Waals surface area contributed by atoms with E-state index in [0.29, 0.717) is 36.2 Å². The first-order valence-corrected chi connectivity index (χ1v) is 10.5. The zero-order chi connectivity index (χ0) is 23.8. The fraction of sp³-hybridized carbons (Fsp3) is 0.261. The van der Waals surface area contributed by atoms with E-state index < -0.39 is 23.9 Å². The Bertz CT molecular complexity index is 1190. The summed E-state index contributed by atoms with van der Waals surface area (Å²) in [5.41, 5.74) is 0.135. The molecule has 0 saturated carbocycles. The molecule has 10 heteroatoms. The van der Waals surface area contributed by atoms with Gasteiger partial charge in [0.1, 0.15) is 6.04 Å². The third-order valence-corrected chi connectivity index (χ3v) is 5.81. The SMILES string of the molecule is COC(=O)[C@@H]1CCCN1C(=O)c1ccc(-c2cc(C(F)(F)F)nn2-c2ccccc2Cl)cc1. The van der Waals surface area contributed by atoms with Gasteiger partial charge in [0, 0.05) is 17.7 Å². The average molecular weight is 478 g/mol. The number of hydrogen-bond acceptors (Lipinski definition) is 4. The Morgan fingerprint density at radius 3 is 2.45 bits per heavy atom. The van der Waals surface area contributed by atoms with Crippen LogP contribution in [-0.2, 0) is 15.7 Å². The lowest BCUT2D eigenvalue weighted by molar-refractivity contribution is -0.145. The molecule has 0 spiro atoms. The standard InChI is InChI=1S/C23H19ClF3N3O3/c1-33-22(32)18-7-4-12-29(18)21(31)15-10-8-14(9-11-15)19-13-20(23(25,26)27)28-30(19)17-6-3-2-5-16(17)24/h2-3,5-6,8-11,13,18H,4,7,12H2,1H3/t18-/m0/s1. The molecule has 3 aromatic rings. The van der Waals surface area contributed by atoms with E-state index in [0.717, 1.165) is 10.7 Å². The van der Waals surface area contributed by atoms with Crippen LogP contribution >= 0.6 is 11.6 Å². The van der Waals surface area contributed by atoms with Crippen LogP contribution in [0.1, 0.15) is 28.9 Å². The minimum Gasteiger partial charge on any atom is -0.467 e. The Hall–Kier alpha value is -3.33. The van der Waals surface area contributed by atoms with Gasteiger partial charge < -0.3 is 9.64 Å². The van der Waals surface area contributed by atoms with Crippen LogP contribution in [0.2, 0.25) is 5.02 Å². The second-order valence-corrected chi connectivity index (χ2v) is 7.94. The highest BCUT2D eigenvalue weighted by Crippen LogP contribution is 2.34. The Balaban J connectivity index is 1.69. The van der Waals surface area contributed by atoms with Gasteiger partial charge in [0.2, 0.25) is 0 Å². The van der Waals surface area contributed by atoms with E-state index in [1.807, 2.05) is 0 Å². The molecule has 0 N–H and O–H groups in total. The van der Waals surface area contributed by atoms with E-state index in [1.54, 1.807) is 36.4 Å². The van der Waals surface area contributed by atoms with Crippen molar-refractivity contribution in [2.45, 2.75) is 25.1 Å². The number of carbonyl (C=O) groups is 2. The fourth-order valence-corrected chi connectivity index (χ4v) is 4.09. The van der Waals surface area contributed by atoms with Crippen molar-refractivity contribution in [2.24, 2.45) is 0 Å². The first-order valence-electron chi connectivity index (χ1n) is 10.1. The Kier molecular flexibility index (Phi) is 6.16. The predicted molar refractivity (Wildman–Crippen MR) is 115 cm³/mol. The van der Waals surface area contributed by atoms with Gasteiger partial charge in [0.05, 0.1) is 23.5 Å². The molecule has 1 saturated heterocycles. The number of amides is 1. The molecule has 1 aliphatic rings. The zero-order valence-electron chi connectivity index (χ0n) is 17.5. The number of carbonyl (C=O) groups excluding carboxylic acids is 2. The number of likely N-dealkylation sites (tertiary alicyclic amines) is 1. The number of halogens is 4. The minimum atomic E-state index is -4.64. The lowest BCUT2D eigenvalue weighted by Crippen LogP contribution is -2.41. The molecule has 1 amide bonds. The molecule has 2 aromatic carbocycles. The van der Waals surface area contributed by atoms with E-state index in [2.05, 4.69) is 5.10 Å². The average Bonchev–Trinajstić information content (AvgIpc) is 3.46. The second-order valence-electron chi connectivity index (χ2n) is 7.53. The number of aromatic nitrogens is 2. The molecule has 1 aliphatic heterocycles. The highest BCUT2D eigenvalue weighted by atomic mass is 35.5. The van der Waals surface area contributed by atoms with Crippen molar-refractivity contribution < 1.29 is 27.5 Å². The molecule has 2 heterocycles. The van der Waals surface area contributed by atoms with Crippen molar-refractivity contribution in [1.29, 1.82) is 0 Å². The first-order chi connectivity index (χ1) is 15.7. The molecule has 0 unspecified atom stereocenters. The molecule has 1 aromatic heterocycles. The summed E-state index contributed by atoms with van der Waals surface area (Å²) in [6.07, 6.45) is -3.44. The normalized spacial score (nSPS) is 16.2. The number of benzene rings is 2. The number of methoxy groups -OCH3 is 1. The number of hydrogen-bond donors (Lipinski definition) is 0. The smallest absolute Gasteiger partial charge is 0.435 e. The van der Waals surface area contributed by atoms with Crippen molar-refractivity contribution in [3.8, 4) is 16.9 Å². The van der Waals surface area contributed by atoms with Gasteiger partial charge in [0.25, 0.3) is 5.91 Å². The van der Waals surface area contributed by atoms with Crippen LogP contribution in [0.4, 0.5) is 13.2 Å². The maximum Gasteiger partial charge on any atom is 0.435 e. The van der Waals surface area contributed by atoms with Crippen LogP contribution in [-0.4, -0.2) is 46.3 Å². The molecular weight excluding hydrogens is 459 g/mol. The van der Waals surface area contributed by atoms with Crippen molar-refractivity contribution in [3.63, 3.8) is 0 Å². The van der Waals surface area contributed by atoms with E-state index in [4.69, 9.17) is 16.3 Å². The molecule has 0 bridgehead atoms. The van der Waals surface area contributed by atoms with Crippen LogP contribution in [0.25, 0.3) is 16.9 Å². The summed E-state index contributed by atoms with van der Waals surface area (Å²) in [6.45, 7) is 0.425. The van der Waals surface area contributed by atoms with Gasteiger partial charge in [-0.15, -0.1) is 0 Å². The molecule has 0 radical (unpaired) electrons. The summed E-state index contributed by atoms with van der Waals surface area (Å²) >= 11 is 6.20. The summed E-state index contributed by atoms with van der Waals surface area (Å²) < 4.78 is 46.1. The second kappa shape index (κ2) is 8.90. The predicted octanol–water partition coefficient (Wildman–Crippen LogP) is 4.99. The molecular formula is C23H19ClF3N3O3. The Morgan fingerprint density at radius 1 is 1.12 bits per heavy atom. The van der Waals surface area contributed by atoms with Crippen molar-refractivity contribution in [2.75, 3.05) is 13.7 Å². The Labute approximate surface area is 192 Å². The van der Waals surface area contributed by atoms with Crippen molar-refractivity contribution in [3.05, 3.63) is 70.9 Å². The van der Waals surface area contributed by atoms with Gasteiger partial charge in [-0.1, -0.05) is 35.9 Å². The lowest BCUT2D eigenvalue weighted by Gasteiger charge is -2.22. The Morgan fingerprint density at radius 2 is 1.82 bits per heavy atom. The zero-order valence-corrected chi connectivity index (χ0v) is 18.2. The van der Waals surface area contributed by atoms with Gasteiger partial charge >= 0.3 is 12.1 Å². The van der Waals surface area contributed by atoms with Crippen LogP contribution < -0.4 is 0 Å². The van der Waals surface area contributed by atoms with Gasteiger partial charge in [0.15, 0.2) is 5.69 Å². The number of alkyl halides is 3. The maximum absolute atomic E-state index is 13.4. The third-order valence-electron chi connectivity index (χ3n) is 5.49. The summed E-state index contributed by atoms with van der Waals surface area (Å²) in [7, 11) is 1.27. The van der Waals surface area contributed by atoms with Crippen LogP contribution in [0.5, 0.6) is 0 Å². The van der Waals surface area contributed by atoms with Crippen molar-refractivity contribution >= 4 is 23.5 Å². The number of ether oxygens (including phenoxy) is 1. The number of rotatable bonds is 4.